The second-order valence-corrected chi connectivity index (χ2v) is 5.88. The van der Waals surface area contributed by atoms with E-state index in [1.54, 1.807) is 7.11 Å². The van der Waals surface area contributed by atoms with Gasteiger partial charge in [-0.05, 0) is 37.5 Å². The van der Waals surface area contributed by atoms with Crippen LogP contribution < -0.4 is 10.5 Å². The van der Waals surface area contributed by atoms with Gasteiger partial charge in [0.05, 0.1) is 12.7 Å². The lowest BCUT2D eigenvalue weighted by molar-refractivity contribution is 0.1000. The second-order valence-electron chi connectivity index (χ2n) is 5.88. The topological polar surface area (TPSA) is 57.2 Å². The van der Waals surface area contributed by atoms with E-state index in [0.717, 1.165) is 47.5 Å². The molecule has 0 unspecified atom stereocenters. The Balaban J connectivity index is 2.70. The van der Waals surface area contributed by atoms with E-state index in [9.17, 15) is 4.79 Å². The largest absolute Gasteiger partial charge is 0.497 e. The maximum atomic E-state index is 12.1. The lowest BCUT2D eigenvalue weighted by Crippen LogP contribution is -2.13. The van der Waals surface area contributed by atoms with Gasteiger partial charge in [0.2, 0.25) is 0 Å². The van der Waals surface area contributed by atoms with Gasteiger partial charge >= 0.3 is 0 Å². The third kappa shape index (κ3) is 3.37. The van der Waals surface area contributed by atoms with Crippen molar-refractivity contribution < 1.29 is 9.53 Å². The van der Waals surface area contributed by atoms with E-state index in [4.69, 9.17) is 10.5 Å². The number of hydrogen-bond donors (Lipinski definition) is 1. The lowest BCUT2D eigenvalue weighted by atomic mass is 9.97. The molecule has 0 fully saturated rings. The fourth-order valence-electron chi connectivity index (χ4n) is 3.15. The molecule has 4 nitrogen and oxygen atoms in total. The van der Waals surface area contributed by atoms with E-state index in [1.165, 1.54) is 0 Å². The van der Waals surface area contributed by atoms with Crippen LogP contribution in [-0.2, 0) is 13.0 Å². The fourth-order valence-corrected chi connectivity index (χ4v) is 3.15. The van der Waals surface area contributed by atoms with Crippen molar-refractivity contribution in [1.29, 1.82) is 0 Å². The number of carbonyl (C=O) groups is 1. The molecule has 2 N–H and O–H groups in total. The van der Waals surface area contributed by atoms with Crippen LogP contribution in [0.2, 0.25) is 0 Å². The van der Waals surface area contributed by atoms with Crippen LogP contribution >= 0.6 is 0 Å². The minimum absolute atomic E-state index is 0.390. The van der Waals surface area contributed by atoms with Crippen LogP contribution in [0.4, 0.5) is 0 Å². The number of amides is 1. The van der Waals surface area contributed by atoms with E-state index >= 15 is 0 Å². The molecule has 2 rings (SSSR count). The molecule has 1 aromatic heterocycles. The number of benzene rings is 1. The molecule has 128 valence electrons. The lowest BCUT2D eigenvalue weighted by Gasteiger charge is -2.11. The number of aromatic nitrogens is 1. The van der Waals surface area contributed by atoms with Crippen molar-refractivity contribution >= 4 is 5.91 Å². The van der Waals surface area contributed by atoms with Crippen LogP contribution in [0.5, 0.6) is 5.75 Å². The zero-order valence-corrected chi connectivity index (χ0v) is 14.8. The van der Waals surface area contributed by atoms with Crippen molar-refractivity contribution in [2.24, 2.45) is 5.73 Å². The van der Waals surface area contributed by atoms with E-state index in [2.05, 4.69) is 18.1 Å². The van der Waals surface area contributed by atoms with Gasteiger partial charge < -0.3 is 15.0 Å². The average Bonchev–Trinajstić information content (AvgIpc) is 2.86. The summed E-state index contributed by atoms with van der Waals surface area (Å²) in [5.41, 5.74) is 10.3. The molecule has 1 amide bonds. The zero-order valence-electron chi connectivity index (χ0n) is 14.8. The van der Waals surface area contributed by atoms with Crippen LogP contribution in [0.3, 0.4) is 0 Å². The number of ether oxygens (including phenoxy) is 1. The SMILES string of the molecule is C=CCn1c(C)c(C(N)=O)c(-c2ccc(OC)cc2)c1CCCC. The average molecular weight is 326 g/mol. The van der Waals surface area contributed by atoms with Gasteiger partial charge in [-0.25, -0.2) is 0 Å². The van der Waals surface area contributed by atoms with Gasteiger partial charge in [0.15, 0.2) is 0 Å². The van der Waals surface area contributed by atoms with E-state index in [1.807, 2.05) is 37.3 Å². The molecule has 0 saturated heterocycles. The molecule has 0 aliphatic carbocycles. The fraction of sp³-hybridized carbons (Fsp3) is 0.350. The molecule has 4 heteroatoms. The first-order valence-corrected chi connectivity index (χ1v) is 8.32. The number of hydrogen-bond acceptors (Lipinski definition) is 2. The summed E-state index contributed by atoms with van der Waals surface area (Å²) in [5.74, 6) is 0.399. The van der Waals surface area contributed by atoms with Crippen LogP contribution in [0, 0.1) is 6.92 Å². The number of nitrogens with zero attached hydrogens (tertiary/aromatic N) is 1. The highest BCUT2D eigenvalue weighted by atomic mass is 16.5. The number of methoxy groups -OCH3 is 1. The van der Waals surface area contributed by atoms with Crippen LogP contribution in [-0.4, -0.2) is 17.6 Å². The monoisotopic (exact) mass is 326 g/mol. The number of rotatable bonds is 8. The Kier molecular flexibility index (Phi) is 5.85. The summed E-state index contributed by atoms with van der Waals surface area (Å²) in [6.07, 6.45) is 4.90. The Bertz CT molecular complexity index is 727. The molecule has 0 aliphatic rings. The predicted molar refractivity (Wildman–Crippen MR) is 98.5 cm³/mol. The molecule has 24 heavy (non-hydrogen) atoms. The third-order valence-electron chi connectivity index (χ3n) is 4.33. The van der Waals surface area contributed by atoms with Crippen molar-refractivity contribution in [3.63, 3.8) is 0 Å². The first-order valence-electron chi connectivity index (χ1n) is 8.32. The summed E-state index contributed by atoms with van der Waals surface area (Å²) in [4.78, 5) is 12.1. The maximum Gasteiger partial charge on any atom is 0.251 e. The normalized spacial score (nSPS) is 10.6. The molecule has 1 aromatic carbocycles. The Morgan fingerprint density at radius 1 is 1.33 bits per heavy atom. The molecule has 2 aromatic rings. The first-order chi connectivity index (χ1) is 11.5. The highest BCUT2D eigenvalue weighted by molar-refractivity contribution is 6.02. The molecule has 0 bridgehead atoms. The van der Waals surface area contributed by atoms with Crippen molar-refractivity contribution in [2.45, 2.75) is 39.7 Å². The first kappa shape index (κ1) is 17.9. The molecule has 1 heterocycles. The Hall–Kier alpha value is -2.49. The maximum absolute atomic E-state index is 12.1. The Morgan fingerprint density at radius 2 is 2.00 bits per heavy atom. The zero-order chi connectivity index (χ0) is 17.7. The van der Waals surface area contributed by atoms with Gasteiger partial charge in [-0.2, -0.15) is 0 Å². The van der Waals surface area contributed by atoms with Gasteiger partial charge in [-0.3, -0.25) is 4.79 Å². The summed E-state index contributed by atoms with van der Waals surface area (Å²) in [7, 11) is 1.64. The summed E-state index contributed by atoms with van der Waals surface area (Å²) >= 11 is 0. The van der Waals surface area contributed by atoms with Crippen molar-refractivity contribution in [2.75, 3.05) is 7.11 Å². The molecule has 0 saturated carbocycles. The van der Waals surface area contributed by atoms with Gasteiger partial charge in [-0.15, -0.1) is 6.58 Å². The predicted octanol–water partition coefficient (Wildman–Crippen LogP) is 4.10. The van der Waals surface area contributed by atoms with Crippen molar-refractivity contribution in [1.82, 2.24) is 4.57 Å². The third-order valence-corrected chi connectivity index (χ3v) is 4.33. The smallest absolute Gasteiger partial charge is 0.251 e. The number of nitrogens with two attached hydrogens (primary N) is 1. The van der Waals surface area contributed by atoms with Gasteiger partial charge in [-0.1, -0.05) is 31.6 Å². The quantitative estimate of drug-likeness (QED) is 0.743. The van der Waals surface area contributed by atoms with Crippen molar-refractivity contribution in [3.8, 4) is 16.9 Å². The number of allylic oxidation sites excluding steroid dienone is 1. The minimum atomic E-state index is -0.390. The van der Waals surface area contributed by atoms with Gasteiger partial charge in [0.1, 0.15) is 5.75 Å². The molecule has 0 radical (unpaired) electrons. The molecule has 0 atom stereocenters. The van der Waals surface area contributed by atoms with Gasteiger partial charge in [0.25, 0.3) is 5.91 Å². The molecule has 0 aliphatic heterocycles. The van der Waals surface area contributed by atoms with Crippen LogP contribution in [0.15, 0.2) is 36.9 Å². The standard InChI is InChI=1S/C20H26N2O2/c1-5-7-8-17-19(15-9-11-16(24-4)12-10-15)18(20(21)23)14(3)22(17)13-6-2/h6,9-12H,2,5,7-8,13H2,1,3-4H3,(H2,21,23). The van der Waals surface area contributed by atoms with Gasteiger partial charge in [0, 0.05) is 23.5 Å². The molecular formula is C20H26N2O2. The summed E-state index contributed by atoms with van der Waals surface area (Å²) in [5, 5.41) is 0. The highest BCUT2D eigenvalue weighted by Gasteiger charge is 2.23. The summed E-state index contributed by atoms with van der Waals surface area (Å²) in [6.45, 7) is 8.62. The number of unbranched alkanes of at least 4 members (excludes halogenated alkanes) is 1. The number of carbonyl (C=O) groups excluding carboxylic acids is 1. The van der Waals surface area contributed by atoms with Crippen molar-refractivity contribution in [3.05, 3.63) is 53.9 Å². The Morgan fingerprint density at radius 3 is 2.50 bits per heavy atom. The van der Waals surface area contributed by atoms with Crippen LogP contribution in [0.1, 0.15) is 41.5 Å². The minimum Gasteiger partial charge on any atom is -0.497 e. The number of primary amides is 1. The molecule has 0 spiro atoms. The van der Waals surface area contributed by atoms with E-state index in [0.29, 0.717) is 12.1 Å². The van der Waals surface area contributed by atoms with Crippen LogP contribution in [0.25, 0.3) is 11.1 Å². The highest BCUT2D eigenvalue weighted by Crippen LogP contribution is 2.34. The van der Waals surface area contributed by atoms with E-state index < -0.39 is 0 Å². The van der Waals surface area contributed by atoms with E-state index in [-0.39, 0.29) is 5.91 Å². The second kappa shape index (κ2) is 7.86. The summed E-state index contributed by atoms with van der Waals surface area (Å²) < 4.78 is 7.39. The summed E-state index contributed by atoms with van der Waals surface area (Å²) in [6, 6.07) is 7.77. The Labute approximate surface area is 143 Å². The molecular weight excluding hydrogens is 300 g/mol.